The summed E-state index contributed by atoms with van der Waals surface area (Å²) < 4.78 is 12.6. The minimum atomic E-state index is -0.689. The molecule has 0 aliphatic rings. The van der Waals surface area contributed by atoms with Crippen molar-refractivity contribution in [3.8, 4) is 0 Å². The maximum Gasteiger partial charge on any atom is 0.407 e. The molecule has 0 spiro atoms. The lowest BCUT2D eigenvalue weighted by Gasteiger charge is -2.21. The highest BCUT2D eigenvalue weighted by molar-refractivity contribution is 6.35. The van der Waals surface area contributed by atoms with E-state index >= 15 is 0 Å². The van der Waals surface area contributed by atoms with Crippen LogP contribution >= 0.6 is 11.6 Å². The molecule has 1 heterocycles. The number of fused-ring (bicyclic) bond motifs is 1. The van der Waals surface area contributed by atoms with Crippen molar-refractivity contribution in [2.45, 2.75) is 85.0 Å². The lowest BCUT2D eigenvalue weighted by atomic mass is 10.1. The van der Waals surface area contributed by atoms with E-state index in [0.717, 1.165) is 6.42 Å². The molecule has 2 aromatic carbocycles. The molecule has 3 rings (SSSR count). The van der Waals surface area contributed by atoms with E-state index in [-0.39, 0.29) is 39.6 Å². The number of carbonyl (C=O) groups excluding carboxylic acids is 4. The number of anilines is 1. The molecule has 0 fully saturated rings. The molecule has 244 valence electrons. The van der Waals surface area contributed by atoms with Gasteiger partial charge in [0.25, 0.3) is 11.8 Å². The van der Waals surface area contributed by atoms with Gasteiger partial charge in [-0.3, -0.25) is 14.9 Å². The van der Waals surface area contributed by atoms with Crippen LogP contribution in [0.2, 0.25) is 5.02 Å². The van der Waals surface area contributed by atoms with E-state index in [1.807, 2.05) is 11.5 Å². The molecule has 0 saturated heterocycles. The zero-order valence-electron chi connectivity index (χ0n) is 27.5. The van der Waals surface area contributed by atoms with E-state index in [9.17, 15) is 19.2 Å². The highest BCUT2D eigenvalue weighted by atomic mass is 35.5. The number of carbonyl (C=O) groups is 4. The van der Waals surface area contributed by atoms with Crippen LogP contribution in [0.25, 0.3) is 11.0 Å². The van der Waals surface area contributed by atoms with Crippen LogP contribution in [0.1, 0.15) is 105 Å². The number of nitrogens with one attached hydrogen (secondary N) is 2. The van der Waals surface area contributed by atoms with Gasteiger partial charge in [-0.1, -0.05) is 17.7 Å². The fourth-order valence-electron chi connectivity index (χ4n) is 4.60. The molecular weight excluding hydrogens is 598 g/mol. The fraction of sp³-hybridized carbons (Fsp3) is 0.485. The largest absolute Gasteiger partial charge is 0.456 e. The number of halogens is 1. The number of benzene rings is 2. The minimum absolute atomic E-state index is 0.229. The van der Waals surface area contributed by atoms with Gasteiger partial charge >= 0.3 is 12.1 Å². The van der Waals surface area contributed by atoms with Crippen molar-refractivity contribution in [1.29, 1.82) is 0 Å². The topological polar surface area (TPSA) is 132 Å². The number of imidazole rings is 1. The van der Waals surface area contributed by atoms with Crippen molar-refractivity contribution in [2.24, 2.45) is 0 Å². The van der Waals surface area contributed by atoms with Gasteiger partial charge in [-0.25, -0.2) is 14.6 Å². The van der Waals surface area contributed by atoms with Gasteiger partial charge in [0.05, 0.1) is 27.2 Å². The van der Waals surface area contributed by atoms with E-state index in [4.69, 9.17) is 21.1 Å². The van der Waals surface area contributed by atoms with Crippen LogP contribution in [0.15, 0.2) is 36.4 Å². The summed E-state index contributed by atoms with van der Waals surface area (Å²) in [6, 6.07) is 9.34. The highest BCUT2D eigenvalue weighted by Gasteiger charge is 2.26. The van der Waals surface area contributed by atoms with E-state index in [1.54, 1.807) is 86.0 Å². The van der Waals surface area contributed by atoms with Crippen molar-refractivity contribution in [3.63, 3.8) is 0 Å². The third-order valence-corrected chi connectivity index (χ3v) is 6.88. The van der Waals surface area contributed by atoms with Gasteiger partial charge in [0.2, 0.25) is 5.95 Å². The lowest BCUT2D eigenvalue weighted by molar-refractivity contribution is 0.00690. The Labute approximate surface area is 269 Å². The average molecular weight is 642 g/mol. The Morgan fingerprint density at radius 3 is 2.22 bits per heavy atom. The molecule has 45 heavy (non-hydrogen) atoms. The number of rotatable bonds is 10. The van der Waals surface area contributed by atoms with Crippen molar-refractivity contribution in [3.05, 3.63) is 58.1 Å². The highest BCUT2D eigenvalue weighted by Crippen LogP contribution is 2.34. The zero-order valence-corrected chi connectivity index (χ0v) is 28.3. The Hall–Kier alpha value is -4.12. The van der Waals surface area contributed by atoms with Gasteiger partial charge in [0.1, 0.15) is 11.2 Å². The fourth-order valence-corrected chi connectivity index (χ4v) is 4.84. The van der Waals surface area contributed by atoms with Crippen LogP contribution in [-0.4, -0.2) is 70.2 Å². The molecule has 2 N–H and O–H groups in total. The predicted molar refractivity (Wildman–Crippen MR) is 175 cm³/mol. The second-order valence-corrected chi connectivity index (χ2v) is 13.5. The first-order valence-electron chi connectivity index (χ1n) is 14.9. The van der Waals surface area contributed by atoms with Crippen molar-refractivity contribution < 1.29 is 28.7 Å². The Balaban J connectivity index is 1.92. The molecule has 3 amide bonds. The Morgan fingerprint density at radius 1 is 0.956 bits per heavy atom. The maximum absolute atomic E-state index is 13.5. The Bertz CT molecular complexity index is 1570. The van der Waals surface area contributed by atoms with Gasteiger partial charge < -0.3 is 24.3 Å². The van der Waals surface area contributed by atoms with Crippen LogP contribution in [0.5, 0.6) is 0 Å². The molecule has 3 aromatic rings. The Kier molecular flexibility index (Phi) is 11.3. The molecule has 0 radical (unpaired) electrons. The van der Waals surface area contributed by atoms with Gasteiger partial charge in [0.15, 0.2) is 0 Å². The van der Waals surface area contributed by atoms with Crippen LogP contribution in [0, 0.1) is 0 Å². The number of alkyl carbamates (subject to hydrolysis) is 1. The molecule has 0 aliphatic carbocycles. The van der Waals surface area contributed by atoms with E-state index in [0.29, 0.717) is 30.4 Å². The summed E-state index contributed by atoms with van der Waals surface area (Å²) in [7, 11) is 3.28. The van der Waals surface area contributed by atoms with Crippen LogP contribution < -0.4 is 10.6 Å². The summed E-state index contributed by atoms with van der Waals surface area (Å²) in [5, 5.41) is 5.91. The number of ether oxygens (including phenoxy) is 2. The van der Waals surface area contributed by atoms with E-state index in [1.165, 1.54) is 11.0 Å². The summed E-state index contributed by atoms with van der Waals surface area (Å²) in [6.07, 6.45) is 1.57. The average Bonchev–Trinajstić information content (AvgIpc) is 3.28. The van der Waals surface area contributed by atoms with Gasteiger partial charge in [-0.15, -0.1) is 0 Å². The van der Waals surface area contributed by atoms with Crippen molar-refractivity contribution in [2.75, 3.05) is 26.0 Å². The van der Waals surface area contributed by atoms with Crippen molar-refractivity contribution in [1.82, 2.24) is 19.8 Å². The summed E-state index contributed by atoms with van der Waals surface area (Å²) in [6.45, 7) is 13.1. The number of unbranched alkanes of at least 4 members (excludes halogenated alkanes) is 1. The second kappa shape index (κ2) is 14.3. The number of esters is 1. The molecule has 0 saturated carbocycles. The molecule has 12 heteroatoms. The molecular formula is C33H44ClN5O6. The monoisotopic (exact) mass is 641 g/mol. The lowest BCUT2D eigenvalue weighted by Crippen LogP contribution is -2.33. The smallest absolute Gasteiger partial charge is 0.407 e. The van der Waals surface area contributed by atoms with Crippen molar-refractivity contribution >= 4 is 52.5 Å². The molecule has 1 aromatic heterocycles. The van der Waals surface area contributed by atoms with Gasteiger partial charge in [0, 0.05) is 32.2 Å². The zero-order chi connectivity index (χ0) is 33.7. The first-order chi connectivity index (χ1) is 20.9. The number of aromatic nitrogens is 2. The quantitative estimate of drug-likeness (QED) is 0.183. The van der Waals surface area contributed by atoms with Gasteiger partial charge in [-0.2, -0.15) is 0 Å². The third-order valence-electron chi connectivity index (χ3n) is 6.56. The SMILES string of the molecule is C[C@H](CCCCNC(=O)OC(C)(C)C)n1c(NC(=O)c2cccc(C(=O)OC(C)(C)C)c2)nc2ccc(Cl)c(C(=O)N(C)C)c21. The summed E-state index contributed by atoms with van der Waals surface area (Å²) in [5.41, 5.74) is 0.467. The van der Waals surface area contributed by atoms with E-state index < -0.39 is 29.2 Å². The number of hydrogen-bond donors (Lipinski definition) is 2. The van der Waals surface area contributed by atoms with E-state index in [2.05, 4.69) is 15.6 Å². The predicted octanol–water partition coefficient (Wildman–Crippen LogP) is 6.86. The first kappa shape index (κ1) is 35.4. The molecule has 0 unspecified atom stereocenters. The normalized spacial score (nSPS) is 12.4. The molecule has 0 bridgehead atoms. The van der Waals surface area contributed by atoms with Crippen LogP contribution in [0.4, 0.5) is 10.7 Å². The summed E-state index contributed by atoms with van der Waals surface area (Å²) in [4.78, 5) is 57.6. The van der Waals surface area contributed by atoms with Crippen LogP contribution in [-0.2, 0) is 9.47 Å². The first-order valence-corrected chi connectivity index (χ1v) is 15.3. The standard InChI is InChI=1S/C33H44ClN5O6/c1-20(13-10-11-18-35-31(43)45-33(5,6)7)39-26-24(17-16-23(34)25(26)28(41)38(8)9)36-30(39)37-27(40)21-14-12-15-22(19-21)29(42)44-32(2,3)4/h12,14-17,19-20H,10-11,13,18H2,1-9H3,(H,35,43)(H,36,37,40)/t20-/m1/s1. The molecule has 1 atom stereocenters. The number of amides is 3. The maximum atomic E-state index is 13.5. The number of hydrogen-bond acceptors (Lipinski definition) is 7. The third kappa shape index (κ3) is 9.68. The van der Waals surface area contributed by atoms with Crippen LogP contribution in [0.3, 0.4) is 0 Å². The molecule has 0 aliphatic heterocycles. The molecule has 11 nitrogen and oxygen atoms in total. The Morgan fingerprint density at radius 2 is 1.60 bits per heavy atom. The number of nitrogens with zero attached hydrogens (tertiary/aromatic N) is 3. The minimum Gasteiger partial charge on any atom is -0.456 e. The summed E-state index contributed by atoms with van der Waals surface area (Å²) in [5.74, 6) is -1.10. The summed E-state index contributed by atoms with van der Waals surface area (Å²) >= 11 is 6.57. The van der Waals surface area contributed by atoms with Gasteiger partial charge in [-0.05, 0) is 98.1 Å². The second-order valence-electron chi connectivity index (χ2n) is 13.1.